The van der Waals surface area contributed by atoms with E-state index in [4.69, 9.17) is 16.7 Å². The Morgan fingerprint density at radius 3 is 2.70 bits per heavy atom. The summed E-state index contributed by atoms with van der Waals surface area (Å²) >= 11 is 6.08. The summed E-state index contributed by atoms with van der Waals surface area (Å²) in [5, 5.41) is 13.4. The topological polar surface area (TPSA) is 107 Å². The van der Waals surface area contributed by atoms with Gasteiger partial charge in [-0.15, -0.1) is 0 Å². The zero-order valence-electron chi connectivity index (χ0n) is 16.1. The van der Waals surface area contributed by atoms with Crippen LogP contribution in [0.15, 0.2) is 59.6 Å². The minimum atomic E-state index is -3.79. The molecule has 9 heteroatoms. The maximum atomic E-state index is 12.7. The molecule has 0 radical (unpaired) electrons. The van der Waals surface area contributed by atoms with Crippen LogP contribution in [0.4, 0.5) is 0 Å². The van der Waals surface area contributed by atoms with Crippen LogP contribution in [0.2, 0.25) is 5.02 Å². The quantitative estimate of drug-likeness (QED) is 0.630. The molecule has 1 aromatic heterocycles. The van der Waals surface area contributed by atoms with Crippen molar-refractivity contribution < 1.29 is 13.2 Å². The maximum absolute atomic E-state index is 12.7. The van der Waals surface area contributed by atoms with Gasteiger partial charge in [0.05, 0.1) is 23.7 Å². The van der Waals surface area contributed by atoms with Crippen molar-refractivity contribution in [2.75, 3.05) is 0 Å². The lowest BCUT2D eigenvalue weighted by molar-refractivity contribution is 0.0932. The van der Waals surface area contributed by atoms with Gasteiger partial charge in [-0.3, -0.25) is 9.48 Å². The van der Waals surface area contributed by atoms with Crippen LogP contribution in [0.1, 0.15) is 46.1 Å². The fourth-order valence-corrected chi connectivity index (χ4v) is 4.48. The third-order valence-electron chi connectivity index (χ3n) is 5.23. The number of halogens is 1. The van der Waals surface area contributed by atoms with Crippen LogP contribution in [-0.4, -0.2) is 24.1 Å². The van der Waals surface area contributed by atoms with Gasteiger partial charge in [0.2, 0.25) is 10.0 Å². The van der Waals surface area contributed by atoms with Crippen molar-refractivity contribution in [1.82, 2.24) is 15.1 Å². The number of carbonyl (C=O) groups is 1. The second-order valence-corrected chi connectivity index (χ2v) is 9.32. The highest BCUT2D eigenvalue weighted by Crippen LogP contribution is 2.30. The van der Waals surface area contributed by atoms with Crippen molar-refractivity contribution in [2.24, 2.45) is 5.14 Å². The molecule has 7 nitrogen and oxygen atoms in total. The molecule has 0 aliphatic heterocycles. The van der Waals surface area contributed by atoms with E-state index in [-0.39, 0.29) is 16.8 Å². The third-order valence-corrected chi connectivity index (χ3v) is 6.40. The predicted octanol–water partition coefficient (Wildman–Crippen LogP) is 3.04. The van der Waals surface area contributed by atoms with Gasteiger partial charge < -0.3 is 5.32 Å². The lowest BCUT2D eigenvalue weighted by Crippen LogP contribution is -2.31. The van der Waals surface area contributed by atoms with E-state index < -0.39 is 10.0 Å². The van der Waals surface area contributed by atoms with Gasteiger partial charge in [-0.1, -0.05) is 23.7 Å². The average Bonchev–Trinajstić information content (AvgIpc) is 3.11. The largest absolute Gasteiger partial charge is 0.345 e. The molecule has 30 heavy (non-hydrogen) atoms. The van der Waals surface area contributed by atoms with Gasteiger partial charge in [0.1, 0.15) is 0 Å². The summed E-state index contributed by atoms with van der Waals surface area (Å²) in [7, 11) is -3.79. The molecule has 1 heterocycles. The predicted molar refractivity (Wildman–Crippen MR) is 114 cm³/mol. The van der Waals surface area contributed by atoms with Crippen LogP contribution in [0.25, 0.3) is 0 Å². The Morgan fingerprint density at radius 2 is 2.00 bits per heavy atom. The molecular weight excluding hydrogens is 424 g/mol. The first kappa shape index (κ1) is 20.6. The normalized spacial score (nSPS) is 16.1. The number of primary sulfonamides is 1. The number of sulfonamides is 1. The molecule has 3 N–H and O–H groups in total. The number of rotatable bonds is 5. The lowest BCUT2D eigenvalue weighted by atomic mass is 9.92. The van der Waals surface area contributed by atoms with Crippen molar-refractivity contribution in [3.05, 3.63) is 82.1 Å². The molecule has 1 amide bonds. The van der Waals surface area contributed by atoms with Crippen LogP contribution in [-0.2, 0) is 23.0 Å². The van der Waals surface area contributed by atoms with E-state index in [0.29, 0.717) is 17.1 Å². The Labute approximate surface area is 179 Å². The van der Waals surface area contributed by atoms with E-state index >= 15 is 0 Å². The van der Waals surface area contributed by atoms with Gasteiger partial charge >= 0.3 is 0 Å². The number of amides is 1. The van der Waals surface area contributed by atoms with Crippen LogP contribution >= 0.6 is 11.6 Å². The lowest BCUT2D eigenvalue weighted by Gasteiger charge is -2.24. The van der Waals surface area contributed by atoms with Crippen LogP contribution in [0, 0.1) is 0 Å². The average molecular weight is 445 g/mol. The molecule has 156 valence electrons. The van der Waals surface area contributed by atoms with Crippen molar-refractivity contribution in [3.8, 4) is 0 Å². The molecule has 0 bridgehead atoms. The minimum absolute atomic E-state index is 0.0266. The standard InChI is InChI=1S/C21H21ClN4O3S/c22-16-4-1-3-14(11-16)13-26-20-6-2-5-19(18(20)12-24-26)25-21(27)15-7-9-17(10-8-15)30(23,28)29/h1,3-4,7-12,19H,2,5-6,13H2,(H,25,27)(H2,23,28,29). The van der Waals surface area contributed by atoms with Crippen molar-refractivity contribution >= 4 is 27.5 Å². The first-order chi connectivity index (χ1) is 14.3. The van der Waals surface area contributed by atoms with E-state index in [0.717, 1.165) is 36.1 Å². The Morgan fingerprint density at radius 1 is 1.23 bits per heavy atom. The molecule has 4 rings (SSSR count). The molecule has 2 aromatic carbocycles. The molecule has 3 aromatic rings. The molecule has 1 atom stereocenters. The second-order valence-electron chi connectivity index (χ2n) is 7.32. The summed E-state index contributed by atoms with van der Waals surface area (Å²) in [5.41, 5.74) is 3.56. The summed E-state index contributed by atoms with van der Waals surface area (Å²) in [6, 6.07) is 13.1. The summed E-state index contributed by atoms with van der Waals surface area (Å²) in [6.07, 6.45) is 4.46. The number of nitrogens with zero attached hydrogens (tertiary/aromatic N) is 2. The van der Waals surface area contributed by atoms with E-state index in [9.17, 15) is 13.2 Å². The third kappa shape index (κ3) is 4.40. The maximum Gasteiger partial charge on any atom is 0.251 e. The van der Waals surface area contributed by atoms with E-state index in [1.807, 2.05) is 35.1 Å². The highest BCUT2D eigenvalue weighted by Gasteiger charge is 2.26. The van der Waals surface area contributed by atoms with Gasteiger partial charge in [-0.25, -0.2) is 13.6 Å². The number of nitrogens with one attached hydrogen (secondary N) is 1. The zero-order valence-corrected chi connectivity index (χ0v) is 17.7. The SMILES string of the molecule is NS(=O)(=O)c1ccc(C(=O)NC2CCCc3c2cnn3Cc2cccc(Cl)c2)cc1. The molecular formula is C21H21ClN4O3S. The molecule has 0 spiro atoms. The zero-order chi connectivity index (χ0) is 21.3. The Kier molecular flexibility index (Phi) is 5.64. The number of hydrogen-bond donors (Lipinski definition) is 2. The van der Waals surface area contributed by atoms with Crippen LogP contribution < -0.4 is 10.5 Å². The first-order valence-corrected chi connectivity index (χ1v) is 11.5. The highest BCUT2D eigenvalue weighted by molar-refractivity contribution is 7.89. The number of nitrogens with two attached hydrogens (primary N) is 1. The van der Waals surface area contributed by atoms with Crippen molar-refractivity contribution in [3.63, 3.8) is 0 Å². The van der Waals surface area contributed by atoms with E-state index in [2.05, 4.69) is 10.4 Å². The monoisotopic (exact) mass is 444 g/mol. The first-order valence-electron chi connectivity index (χ1n) is 9.54. The Balaban J connectivity index is 1.51. The Bertz CT molecular complexity index is 1190. The number of hydrogen-bond acceptors (Lipinski definition) is 4. The van der Waals surface area contributed by atoms with Gasteiger partial charge in [0, 0.05) is 21.8 Å². The van der Waals surface area contributed by atoms with E-state index in [1.54, 1.807) is 0 Å². The number of fused-ring (bicyclic) bond motifs is 1. The van der Waals surface area contributed by atoms with Gasteiger partial charge in [0.15, 0.2) is 0 Å². The van der Waals surface area contributed by atoms with Crippen LogP contribution in [0.3, 0.4) is 0 Å². The molecule has 0 saturated heterocycles. The molecule has 0 saturated carbocycles. The highest BCUT2D eigenvalue weighted by atomic mass is 35.5. The van der Waals surface area contributed by atoms with Gasteiger partial charge in [-0.2, -0.15) is 5.10 Å². The second kappa shape index (κ2) is 8.22. The minimum Gasteiger partial charge on any atom is -0.345 e. The number of carbonyl (C=O) groups excluding carboxylic acids is 1. The van der Waals surface area contributed by atoms with Crippen molar-refractivity contribution in [1.29, 1.82) is 0 Å². The number of benzene rings is 2. The van der Waals surface area contributed by atoms with Crippen LogP contribution in [0.5, 0.6) is 0 Å². The summed E-state index contributed by atoms with van der Waals surface area (Å²) in [5.74, 6) is -0.267. The summed E-state index contributed by atoms with van der Waals surface area (Å²) < 4.78 is 24.7. The number of aromatic nitrogens is 2. The summed E-state index contributed by atoms with van der Waals surface area (Å²) in [4.78, 5) is 12.7. The molecule has 1 aliphatic carbocycles. The van der Waals surface area contributed by atoms with Gasteiger partial charge in [0.25, 0.3) is 5.91 Å². The Hall–Kier alpha value is -2.68. The molecule has 1 aliphatic rings. The fraction of sp³-hybridized carbons (Fsp3) is 0.238. The van der Waals surface area contributed by atoms with Gasteiger partial charge in [-0.05, 0) is 61.2 Å². The smallest absolute Gasteiger partial charge is 0.251 e. The van der Waals surface area contributed by atoms with Crippen molar-refractivity contribution in [2.45, 2.75) is 36.7 Å². The fourth-order valence-electron chi connectivity index (χ4n) is 3.75. The summed E-state index contributed by atoms with van der Waals surface area (Å²) in [6.45, 7) is 0.617. The molecule has 1 unspecified atom stereocenters. The molecule has 0 fully saturated rings. The van der Waals surface area contributed by atoms with E-state index in [1.165, 1.54) is 24.3 Å².